The average Bonchev–Trinajstić information content (AvgIpc) is 3.29. The zero-order valence-electron chi connectivity index (χ0n) is 16.2. The van der Waals surface area contributed by atoms with E-state index in [1.807, 2.05) is 6.92 Å². The molecule has 29 heavy (non-hydrogen) atoms. The summed E-state index contributed by atoms with van der Waals surface area (Å²) >= 11 is 1.29. The van der Waals surface area contributed by atoms with Crippen LogP contribution in [0.1, 0.15) is 45.3 Å². The number of hydrogen-bond acceptors (Lipinski definition) is 8. The number of hydrogen-bond donors (Lipinski definition) is 1. The number of aromatic nitrogens is 3. The fourth-order valence-electron chi connectivity index (χ4n) is 2.57. The highest BCUT2D eigenvalue weighted by Crippen LogP contribution is 2.29. The summed E-state index contributed by atoms with van der Waals surface area (Å²) in [4.78, 5) is 37.5. The number of pyridine rings is 1. The lowest BCUT2D eigenvalue weighted by atomic mass is 10.2. The Balaban J connectivity index is 1.64. The van der Waals surface area contributed by atoms with Gasteiger partial charge in [0.1, 0.15) is 10.8 Å². The van der Waals surface area contributed by atoms with Crippen molar-refractivity contribution in [3.05, 3.63) is 46.2 Å². The maximum absolute atomic E-state index is 12.3. The smallest absolute Gasteiger partial charge is 0.341 e. The van der Waals surface area contributed by atoms with Crippen LogP contribution in [0, 0.1) is 6.92 Å². The monoisotopic (exact) mass is 416 g/mol. The van der Waals surface area contributed by atoms with Gasteiger partial charge in [-0.1, -0.05) is 6.92 Å². The Morgan fingerprint density at radius 1 is 1.14 bits per heavy atom. The van der Waals surface area contributed by atoms with Gasteiger partial charge in [0.15, 0.2) is 12.3 Å². The first-order valence-corrected chi connectivity index (χ1v) is 9.82. The molecule has 0 saturated carbocycles. The lowest BCUT2D eigenvalue weighted by molar-refractivity contribution is -0.119. The number of aryl methyl sites for hydroxylation is 2. The van der Waals surface area contributed by atoms with Crippen LogP contribution in [0.2, 0.25) is 0 Å². The largest absolute Gasteiger partial charge is 0.462 e. The third-order valence-electron chi connectivity index (χ3n) is 4.02. The highest BCUT2D eigenvalue weighted by Gasteiger charge is 2.19. The molecule has 0 aliphatic rings. The Morgan fingerprint density at radius 3 is 2.66 bits per heavy atom. The average molecular weight is 416 g/mol. The van der Waals surface area contributed by atoms with Crippen LogP contribution >= 0.6 is 11.3 Å². The molecule has 0 fully saturated rings. The summed E-state index contributed by atoms with van der Waals surface area (Å²) in [5.41, 5.74) is 1.17. The van der Waals surface area contributed by atoms with Crippen molar-refractivity contribution in [2.24, 2.45) is 0 Å². The first kappa shape index (κ1) is 20.5. The van der Waals surface area contributed by atoms with Crippen molar-refractivity contribution in [2.45, 2.75) is 27.2 Å². The molecular formula is C19H20N4O5S. The second kappa shape index (κ2) is 8.82. The second-order valence-electron chi connectivity index (χ2n) is 6.05. The molecule has 0 bridgehead atoms. The number of amides is 1. The van der Waals surface area contributed by atoms with Crippen molar-refractivity contribution in [1.29, 1.82) is 0 Å². The van der Waals surface area contributed by atoms with Crippen LogP contribution < -0.4 is 5.32 Å². The van der Waals surface area contributed by atoms with Crippen LogP contribution in [0.5, 0.6) is 0 Å². The number of nitrogens with zero attached hydrogens (tertiary/aromatic N) is 3. The first-order chi connectivity index (χ1) is 13.9. The molecule has 0 saturated heterocycles. The van der Waals surface area contributed by atoms with E-state index in [-0.39, 0.29) is 12.2 Å². The van der Waals surface area contributed by atoms with Crippen LogP contribution in [0.25, 0.3) is 5.65 Å². The molecule has 3 aromatic rings. The molecule has 3 heterocycles. The fraction of sp³-hybridized carbons (Fsp3) is 0.316. The Kier molecular flexibility index (Phi) is 6.23. The molecule has 10 heteroatoms. The molecule has 1 N–H and O–H groups in total. The van der Waals surface area contributed by atoms with Crippen LogP contribution in [0.4, 0.5) is 5.00 Å². The first-order valence-electron chi connectivity index (χ1n) is 9.01. The SMILES string of the molecule is CCOC(=O)c1cc(CC)sc1NC(=O)COC(=O)c1ccc2nnc(C)n2c1. The Hall–Kier alpha value is -3.27. The van der Waals surface area contributed by atoms with Gasteiger partial charge in [-0.3, -0.25) is 9.20 Å². The lowest BCUT2D eigenvalue weighted by Gasteiger charge is -2.07. The van der Waals surface area contributed by atoms with E-state index in [0.29, 0.717) is 28.5 Å². The number of carbonyl (C=O) groups excluding carboxylic acids is 3. The van der Waals surface area contributed by atoms with Crippen molar-refractivity contribution in [3.8, 4) is 0 Å². The van der Waals surface area contributed by atoms with Gasteiger partial charge >= 0.3 is 11.9 Å². The quantitative estimate of drug-likeness (QED) is 0.589. The summed E-state index contributed by atoms with van der Waals surface area (Å²) < 4.78 is 11.8. The number of nitrogens with one attached hydrogen (secondary N) is 1. The van der Waals surface area contributed by atoms with Crippen LogP contribution in [0.15, 0.2) is 24.4 Å². The van der Waals surface area contributed by atoms with E-state index >= 15 is 0 Å². The van der Waals surface area contributed by atoms with Crippen molar-refractivity contribution in [2.75, 3.05) is 18.5 Å². The van der Waals surface area contributed by atoms with Crippen molar-refractivity contribution in [1.82, 2.24) is 14.6 Å². The van der Waals surface area contributed by atoms with E-state index in [0.717, 1.165) is 4.88 Å². The number of esters is 2. The number of fused-ring (bicyclic) bond motifs is 1. The normalized spacial score (nSPS) is 10.7. The number of carbonyl (C=O) groups is 3. The van der Waals surface area contributed by atoms with Crippen LogP contribution in [-0.4, -0.2) is 45.7 Å². The van der Waals surface area contributed by atoms with Gasteiger partial charge in [-0.05, 0) is 38.5 Å². The predicted molar refractivity (Wildman–Crippen MR) is 106 cm³/mol. The topological polar surface area (TPSA) is 112 Å². The Labute approximate surface area is 170 Å². The molecule has 3 aromatic heterocycles. The zero-order chi connectivity index (χ0) is 21.0. The molecule has 9 nitrogen and oxygen atoms in total. The molecule has 3 rings (SSSR count). The summed E-state index contributed by atoms with van der Waals surface area (Å²) in [7, 11) is 0. The van der Waals surface area contributed by atoms with Gasteiger partial charge in [-0.25, -0.2) is 9.59 Å². The molecule has 0 atom stereocenters. The molecule has 0 aliphatic carbocycles. The molecule has 0 aromatic carbocycles. The third kappa shape index (κ3) is 4.60. The maximum atomic E-state index is 12.3. The van der Waals surface area contributed by atoms with E-state index in [2.05, 4.69) is 15.5 Å². The van der Waals surface area contributed by atoms with Crippen molar-refractivity contribution in [3.63, 3.8) is 0 Å². The molecule has 0 unspecified atom stereocenters. The predicted octanol–water partition coefficient (Wildman–Crippen LogP) is 2.63. The van der Waals surface area contributed by atoms with E-state index < -0.39 is 24.5 Å². The number of anilines is 1. The standard InChI is InChI=1S/C19H20N4O5S/c1-4-13-8-14(19(26)27-5-2)17(29-13)20-16(24)10-28-18(25)12-6-7-15-22-21-11(3)23(15)9-12/h6-9H,4-5,10H2,1-3H3,(H,20,24). The zero-order valence-corrected chi connectivity index (χ0v) is 17.0. The van der Waals surface area contributed by atoms with Gasteiger partial charge in [-0.15, -0.1) is 21.5 Å². The van der Waals surface area contributed by atoms with E-state index in [4.69, 9.17) is 9.47 Å². The van der Waals surface area contributed by atoms with Gasteiger partial charge in [-0.2, -0.15) is 0 Å². The third-order valence-corrected chi connectivity index (χ3v) is 5.22. The molecular weight excluding hydrogens is 396 g/mol. The van der Waals surface area contributed by atoms with Gasteiger partial charge in [0, 0.05) is 11.1 Å². The fourth-order valence-corrected chi connectivity index (χ4v) is 3.57. The summed E-state index contributed by atoms with van der Waals surface area (Å²) in [5.74, 6) is -1.08. The molecule has 152 valence electrons. The summed E-state index contributed by atoms with van der Waals surface area (Å²) in [6, 6.07) is 4.89. The number of thiophene rings is 1. The van der Waals surface area contributed by atoms with E-state index in [9.17, 15) is 14.4 Å². The van der Waals surface area contributed by atoms with Gasteiger partial charge in [0.05, 0.1) is 17.7 Å². The van der Waals surface area contributed by atoms with Crippen molar-refractivity contribution < 1.29 is 23.9 Å². The van der Waals surface area contributed by atoms with Crippen LogP contribution in [0.3, 0.4) is 0 Å². The number of ether oxygens (including phenoxy) is 2. The highest BCUT2D eigenvalue weighted by atomic mass is 32.1. The molecule has 0 aliphatic heterocycles. The van der Waals surface area contributed by atoms with Gasteiger partial charge < -0.3 is 14.8 Å². The van der Waals surface area contributed by atoms with Gasteiger partial charge in [0.25, 0.3) is 5.91 Å². The number of rotatable bonds is 7. The maximum Gasteiger partial charge on any atom is 0.341 e. The summed E-state index contributed by atoms with van der Waals surface area (Å²) in [6.45, 7) is 5.16. The van der Waals surface area contributed by atoms with Crippen molar-refractivity contribution >= 4 is 39.8 Å². The van der Waals surface area contributed by atoms with E-state index in [1.165, 1.54) is 11.3 Å². The summed E-state index contributed by atoms with van der Waals surface area (Å²) in [5, 5.41) is 10.9. The minimum atomic E-state index is -0.652. The Morgan fingerprint density at radius 2 is 1.93 bits per heavy atom. The molecule has 1 amide bonds. The minimum absolute atomic E-state index is 0.234. The second-order valence-corrected chi connectivity index (χ2v) is 7.18. The minimum Gasteiger partial charge on any atom is -0.462 e. The van der Waals surface area contributed by atoms with E-state index in [1.54, 1.807) is 42.6 Å². The van der Waals surface area contributed by atoms with Gasteiger partial charge in [0.2, 0.25) is 0 Å². The Bertz CT molecular complexity index is 1070. The summed E-state index contributed by atoms with van der Waals surface area (Å²) in [6.07, 6.45) is 2.27. The lowest BCUT2D eigenvalue weighted by Crippen LogP contribution is -2.21. The molecule has 0 radical (unpaired) electrons. The highest BCUT2D eigenvalue weighted by molar-refractivity contribution is 7.16. The molecule has 0 spiro atoms. The van der Waals surface area contributed by atoms with Crippen LogP contribution in [-0.2, 0) is 20.7 Å².